The number of hydrogen-bond acceptors (Lipinski definition) is 7. The minimum Gasteiger partial charge on any atom is -0.756 e. The van der Waals surface area contributed by atoms with Gasteiger partial charge in [0.2, 0.25) is 5.91 Å². The molecular weight excluding hydrogens is 880 g/mol. The van der Waals surface area contributed by atoms with E-state index in [0.717, 1.165) is 89.9 Å². The van der Waals surface area contributed by atoms with Gasteiger partial charge in [-0.25, -0.2) is 0 Å². The van der Waals surface area contributed by atoms with Crippen molar-refractivity contribution in [1.82, 2.24) is 5.32 Å². The van der Waals surface area contributed by atoms with E-state index >= 15 is 0 Å². The molecular formula is C59H107N2O7P. The Morgan fingerprint density at radius 1 is 0.522 bits per heavy atom. The summed E-state index contributed by atoms with van der Waals surface area (Å²) < 4.78 is 30.2. The first-order valence-electron chi connectivity index (χ1n) is 28.2. The van der Waals surface area contributed by atoms with Crippen LogP contribution in [0.15, 0.2) is 72.9 Å². The molecule has 0 saturated heterocycles. The lowest BCUT2D eigenvalue weighted by molar-refractivity contribution is -0.870. The van der Waals surface area contributed by atoms with Gasteiger partial charge in [0.1, 0.15) is 19.3 Å². The Bertz CT molecular complexity index is 1420. The molecule has 1 N–H and O–H groups in total. The third kappa shape index (κ3) is 50.2. The average Bonchev–Trinajstić information content (AvgIpc) is 3.31. The summed E-state index contributed by atoms with van der Waals surface area (Å²) in [5, 5.41) is 3.00. The van der Waals surface area contributed by atoms with Gasteiger partial charge >= 0.3 is 5.97 Å². The van der Waals surface area contributed by atoms with Gasteiger partial charge in [0.15, 0.2) is 0 Å². The lowest BCUT2D eigenvalue weighted by Gasteiger charge is -2.30. The van der Waals surface area contributed by atoms with Crippen LogP contribution in [0.2, 0.25) is 0 Å². The predicted molar refractivity (Wildman–Crippen MR) is 293 cm³/mol. The number of nitrogens with zero attached hydrogens (tertiary/aromatic N) is 1. The minimum atomic E-state index is -4.70. The Hall–Kier alpha value is -2.55. The number of quaternary nitrogens is 1. The molecule has 0 saturated carbocycles. The van der Waals surface area contributed by atoms with Crippen LogP contribution < -0.4 is 10.2 Å². The van der Waals surface area contributed by atoms with Crippen molar-refractivity contribution in [1.29, 1.82) is 0 Å². The molecule has 0 radical (unpaired) electrons. The summed E-state index contributed by atoms with van der Waals surface area (Å²) in [5.74, 6) is -0.579. The van der Waals surface area contributed by atoms with Crippen molar-refractivity contribution in [2.75, 3.05) is 40.9 Å². The number of ether oxygens (including phenoxy) is 1. The monoisotopic (exact) mass is 987 g/mol. The van der Waals surface area contributed by atoms with Crippen LogP contribution >= 0.6 is 7.82 Å². The molecule has 0 fully saturated rings. The molecule has 10 heteroatoms. The van der Waals surface area contributed by atoms with E-state index in [0.29, 0.717) is 17.4 Å². The molecule has 0 bridgehead atoms. The zero-order valence-corrected chi connectivity index (χ0v) is 46.4. The van der Waals surface area contributed by atoms with Crippen LogP contribution in [-0.4, -0.2) is 69.4 Å². The number of carbonyl (C=O) groups is 2. The zero-order chi connectivity index (χ0) is 50.8. The number of rotatable bonds is 50. The summed E-state index contributed by atoms with van der Waals surface area (Å²) in [6.07, 6.45) is 61.5. The third-order valence-electron chi connectivity index (χ3n) is 12.2. The molecule has 0 aromatic rings. The standard InChI is InChI=1S/C59H107N2O7P/c1-7-10-13-16-19-22-25-27-28-29-30-31-32-34-36-39-42-45-48-51-58(62)60-56(55-67-69(64,65)66-54-53-61(4,5)6)57(50-47-44-41-38-35-24-21-18-15-12-9-3)68-59(63)52-49-46-43-40-37-33-26-23-20-17-14-11-8-2/h10,13,19,22,27-28,30-31,34,36,47,50,56-57H,7-9,11-12,14-18,20-21,23-26,29,32-33,35,37-46,48-49,51-55H2,1-6H3,(H-,60,62,64,65)/b13-10-,22-19-,28-27-,31-30-,36-34-,50-47-. The fraction of sp³-hybridized carbons (Fsp3) is 0.763. The van der Waals surface area contributed by atoms with E-state index < -0.39 is 26.6 Å². The molecule has 0 spiro atoms. The number of carbonyl (C=O) groups excluding carboxylic acids is 2. The van der Waals surface area contributed by atoms with Crippen molar-refractivity contribution in [3.05, 3.63) is 72.9 Å². The first-order valence-corrected chi connectivity index (χ1v) is 29.7. The van der Waals surface area contributed by atoms with Gasteiger partial charge in [-0.3, -0.25) is 14.2 Å². The van der Waals surface area contributed by atoms with E-state index in [1.807, 2.05) is 33.3 Å². The molecule has 3 unspecified atom stereocenters. The van der Waals surface area contributed by atoms with Crippen LogP contribution in [0.25, 0.3) is 0 Å². The highest BCUT2D eigenvalue weighted by atomic mass is 31.2. The smallest absolute Gasteiger partial charge is 0.306 e. The van der Waals surface area contributed by atoms with Crippen LogP contribution in [0.3, 0.4) is 0 Å². The molecule has 0 aromatic carbocycles. The number of phosphoric ester groups is 1. The third-order valence-corrected chi connectivity index (χ3v) is 13.1. The molecule has 69 heavy (non-hydrogen) atoms. The maximum atomic E-state index is 13.5. The molecule has 0 rings (SSSR count). The Balaban J connectivity index is 5.38. The van der Waals surface area contributed by atoms with Crippen LogP contribution in [-0.2, 0) is 27.9 Å². The van der Waals surface area contributed by atoms with E-state index in [1.54, 1.807) is 0 Å². The highest BCUT2D eigenvalue weighted by Gasteiger charge is 2.27. The van der Waals surface area contributed by atoms with Crippen molar-refractivity contribution in [2.24, 2.45) is 0 Å². The van der Waals surface area contributed by atoms with Crippen LogP contribution in [0.4, 0.5) is 0 Å². The normalized spacial score (nSPS) is 14.4. The first-order chi connectivity index (χ1) is 33.4. The molecule has 400 valence electrons. The summed E-state index contributed by atoms with van der Waals surface area (Å²) in [7, 11) is 1.16. The first kappa shape index (κ1) is 66.5. The lowest BCUT2D eigenvalue weighted by atomic mass is 10.0. The van der Waals surface area contributed by atoms with E-state index in [-0.39, 0.29) is 31.3 Å². The van der Waals surface area contributed by atoms with Gasteiger partial charge in [-0.1, -0.05) is 222 Å². The number of esters is 1. The summed E-state index contributed by atoms with van der Waals surface area (Å²) in [4.78, 5) is 39.8. The van der Waals surface area contributed by atoms with Crippen LogP contribution in [0.5, 0.6) is 0 Å². The Labute approximate surface area is 425 Å². The fourth-order valence-electron chi connectivity index (χ4n) is 7.78. The molecule has 0 aromatic heterocycles. The number of phosphoric acid groups is 1. The SMILES string of the molecule is CC/C=C\C/C=C\C/C=C\C/C=C\C/C=C\CCCCCC(=O)NC(COP(=O)([O-])OCC[N+](C)(C)C)C(/C=C\CCCCCCCCCCC)OC(=O)CCCCCCCCCCCCCCC. The molecule has 0 aliphatic carbocycles. The van der Waals surface area contributed by atoms with Gasteiger partial charge in [-0.15, -0.1) is 0 Å². The van der Waals surface area contributed by atoms with Crippen molar-refractivity contribution >= 4 is 19.7 Å². The maximum Gasteiger partial charge on any atom is 0.306 e. The average molecular weight is 987 g/mol. The topological polar surface area (TPSA) is 114 Å². The number of amides is 1. The fourth-order valence-corrected chi connectivity index (χ4v) is 8.51. The Kier molecular flexibility index (Phi) is 47.2. The van der Waals surface area contributed by atoms with Gasteiger partial charge in [-0.2, -0.15) is 0 Å². The van der Waals surface area contributed by atoms with E-state index in [1.165, 1.54) is 109 Å². The summed E-state index contributed by atoms with van der Waals surface area (Å²) in [6.45, 7) is 6.68. The molecule has 9 nitrogen and oxygen atoms in total. The molecule has 3 atom stereocenters. The zero-order valence-electron chi connectivity index (χ0n) is 45.5. The van der Waals surface area contributed by atoms with Crippen LogP contribution in [0.1, 0.15) is 239 Å². The Morgan fingerprint density at radius 3 is 1.41 bits per heavy atom. The lowest BCUT2D eigenvalue weighted by Crippen LogP contribution is -2.47. The summed E-state index contributed by atoms with van der Waals surface area (Å²) in [6, 6.07) is -0.905. The van der Waals surface area contributed by atoms with E-state index in [2.05, 4.69) is 86.8 Å². The summed E-state index contributed by atoms with van der Waals surface area (Å²) >= 11 is 0. The van der Waals surface area contributed by atoms with E-state index in [9.17, 15) is 19.0 Å². The highest BCUT2D eigenvalue weighted by molar-refractivity contribution is 7.45. The minimum absolute atomic E-state index is 0.0306. The van der Waals surface area contributed by atoms with Gasteiger partial charge in [0.05, 0.1) is 33.8 Å². The van der Waals surface area contributed by atoms with Gasteiger partial charge in [-0.05, 0) is 76.7 Å². The van der Waals surface area contributed by atoms with Crippen molar-refractivity contribution < 1.29 is 37.3 Å². The quantitative estimate of drug-likeness (QED) is 0.0212. The predicted octanol–water partition coefficient (Wildman–Crippen LogP) is 16.3. The van der Waals surface area contributed by atoms with Crippen molar-refractivity contribution in [3.8, 4) is 0 Å². The van der Waals surface area contributed by atoms with Gasteiger partial charge in [0.25, 0.3) is 7.82 Å². The number of hydrogen-bond donors (Lipinski definition) is 1. The van der Waals surface area contributed by atoms with Gasteiger partial charge in [0, 0.05) is 12.8 Å². The molecule has 0 heterocycles. The largest absolute Gasteiger partial charge is 0.756 e. The van der Waals surface area contributed by atoms with Crippen molar-refractivity contribution in [3.63, 3.8) is 0 Å². The van der Waals surface area contributed by atoms with Crippen molar-refractivity contribution in [2.45, 2.75) is 251 Å². The highest BCUT2D eigenvalue weighted by Crippen LogP contribution is 2.38. The van der Waals surface area contributed by atoms with E-state index in [4.69, 9.17) is 13.8 Å². The summed E-state index contributed by atoms with van der Waals surface area (Å²) in [5.41, 5.74) is 0. The van der Waals surface area contributed by atoms with Gasteiger partial charge < -0.3 is 28.5 Å². The molecule has 0 aliphatic heterocycles. The number of nitrogens with one attached hydrogen (secondary N) is 1. The second kappa shape index (κ2) is 49.0. The number of likely N-dealkylation sites (N-methyl/N-ethyl adjacent to an activating group) is 1. The van der Waals surface area contributed by atoms with Crippen LogP contribution in [0, 0.1) is 0 Å². The molecule has 0 aliphatic rings. The number of unbranched alkanes of at least 4 members (excludes halogenated alkanes) is 24. The second-order valence-electron chi connectivity index (χ2n) is 20.1. The molecule has 1 amide bonds. The Morgan fingerprint density at radius 2 is 0.928 bits per heavy atom. The second-order valence-corrected chi connectivity index (χ2v) is 21.5. The maximum absolute atomic E-state index is 13.5. The number of allylic oxidation sites excluding steroid dienone is 11.